The van der Waals surface area contributed by atoms with E-state index in [-0.39, 0.29) is 5.92 Å². The Labute approximate surface area is 94.9 Å². The molecule has 0 saturated carbocycles. The second kappa shape index (κ2) is 4.67. The second-order valence-corrected chi connectivity index (χ2v) is 4.37. The van der Waals surface area contributed by atoms with Gasteiger partial charge in [0.2, 0.25) is 0 Å². The van der Waals surface area contributed by atoms with Crippen molar-refractivity contribution in [2.24, 2.45) is 5.92 Å². The minimum absolute atomic E-state index is 0.372. The number of carboxylic acid groups (broad SMARTS) is 1. The standard InChI is InChI=1S/C12H15ClO2/c1-7-4-10(5-8(2)12(14)15)6-11(13)9(7)3/h4,6,8H,5H2,1-3H3,(H,14,15). The van der Waals surface area contributed by atoms with Crippen LogP contribution in [-0.2, 0) is 11.2 Å². The molecule has 1 aromatic rings. The summed E-state index contributed by atoms with van der Waals surface area (Å²) in [4.78, 5) is 10.7. The topological polar surface area (TPSA) is 37.3 Å². The Morgan fingerprint density at radius 2 is 2.07 bits per heavy atom. The lowest BCUT2D eigenvalue weighted by Gasteiger charge is -2.10. The van der Waals surface area contributed by atoms with E-state index in [1.165, 1.54) is 0 Å². The molecule has 0 radical (unpaired) electrons. The number of halogens is 1. The van der Waals surface area contributed by atoms with Crippen LogP contribution in [0.25, 0.3) is 0 Å². The van der Waals surface area contributed by atoms with Crippen LogP contribution < -0.4 is 0 Å². The van der Waals surface area contributed by atoms with Crippen LogP contribution in [0, 0.1) is 19.8 Å². The Bertz CT molecular complexity index is 362. The Kier molecular flexibility index (Phi) is 3.75. The predicted molar refractivity (Wildman–Crippen MR) is 61.4 cm³/mol. The van der Waals surface area contributed by atoms with Gasteiger partial charge in [-0.1, -0.05) is 24.6 Å². The van der Waals surface area contributed by atoms with Crippen LogP contribution in [0.1, 0.15) is 23.6 Å². The maximum Gasteiger partial charge on any atom is 0.306 e. The molecule has 1 rings (SSSR count). The van der Waals surface area contributed by atoms with E-state index in [0.717, 1.165) is 16.7 Å². The third-order valence-corrected chi connectivity index (χ3v) is 3.02. The van der Waals surface area contributed by atoms with Gasteiger partial charge in [-0.25, -0.2) is 0 Å². The van der Waals surface area contributed by atoms with Crippen molar-refractivity contribution in [3.05, 3.63) is 33.8 Å². The fourth-order valence-corrected chi connectivity index (χ4v) is 1.74. The summed E-state index contributed by atoms with van der Waals surface area (Å²) in [5, 5.41) is 9.51. The fourth-order valence-electron chi connectivity index (χ4n) is 1.45. The summed E-state index contributed by atoms with van der Waals surface area (Å²) in [6.07, 6.45) is 0.524. The lowest BCUT2D eigenvalue weighted by molar-refractivity contribution is -0.141. The van der Waals surface area contributed by atoms with E-state index in [4.69, 9.17) is 16.7 Å². The van der Waals surface area contributed by atoms with Crippen molar-refractivity contribution in [3.8, 4) is 0 Å². The van der Waals surface area contributed by atoms with Crippen LogP contribution in [0.3, 0.4) is 0 Å². The third kappa shape index (κ3) is 2.96. The number of hydrogen-bond donors (Lipinski definition) is 1. The average molecular weight is 227 g/mol. The highest BCUT2D eigenvalue weighted by atomic mass is 35.5. The van der Waals surface area contributed by atoms with Gasteiger partial charge in [0.25, 0.3) is 0 Å². The first-order valence-electron chi connectivity index (χ1n) is 4.90. The molecule has 1 N–H and O–H groups in total. The molecule has 1 unspecified atom stereocenters. The average Bonchev–Trinajstić information content (AvgIpc) is 2.13. The van der Waals surface area contributed by atoms with E-state index in [9.17, 15) is 4.79 Å². The normalized spacial score (nSPS) is 12.5. The van der Waals surface area contributed by atoms with Crippen molar-refractivity contribution in [2.45, 2.75) is 27.2 Å². The highest BCUT2D eigenvalue weighted by Crippen LogP contribution is 2.22. The van der Waals surface area contributed by atoms with Crippen molar-refractivity contribution in [3.63, 3.8) is 0 Å². The quantitative estimate of drug-likeness (QED) is 0.859. The van der Waals surface area contributed by atoms with Crippen LogP contribution in [0.4, 0.5) is 0 Å². The van der Waals surface area contributed by atoms with Gasteiger partial charge in [-0.15, -0.1) is 0 Å². The molecular weight excluding hydrogens is 212 g/mol. The van der Waals surface area contributed by atoms with E-state index in [1.807, 2.05) is 26.0 Å². The molecule has 15 heavy (non-hydrogen) atoms. The van der Waals surface area contributed by atoms with Gasteiger partial charge in [-0.2, -0.15) is 0 Å². The number of carbonyl (C=O) groups is 1. The van der Waals surface area contributed by atoms with Crippen molar-refractivity contribution < 1.29 is 9.90 Å². The second-order valence-electron chi connectivity index (χ2n) is 3.96. The minimum Gasteiger partial charge on any atom is -0.481 e. The number of aliphatic carboxylic acids is 1. The van der Waals surface area contributed by atoms with E-state index < -0.39 is 5.97 Å². The molecule has 0 aliphatic rings. The summed E-state index contributed by atoms with van der Waals surface area (Å²) in [6.45, 7) is 5.64. The number of rotatable bonds is 3. The lowest BCUT2D eigenvalue weighted by atomic mass is 9.98. The molecule has 0 saturated heterocycles. The molecule has 1 atom stereocenters. The van der Waals surface area contributed by atoms with Crippen LogP contribution >= 0.6 is 11.6 Å². The Morgan fingerprint density at radius 1 is 1.47 bits per heavy atom. The van der Waals surface area contributed by atoms with Crippen molar-refractivity contribution in [1.29, 1.82) is 0 Å². The Hall–Kier alpha value is -1.02. The zero-order chi connectivity index (χ0) is 11.6. The summed E-state index contributed by atoms with van der Waals surface area (Å²) in [5.74, 6) is -1.15. The number of benzene rings is 1. The Balaban J connectivity index is 2.92. The van der Waals surface area contributed by atoms with Gasteiger partial charge in [-0.3, -0.25) is 4.79 Å². The van der Waals surface area contributed by atoms with Gasteiger partial charge in [0, 0.05) is 5.02 Å². The van der Waals surface area contributed by atoms with Gasteiger partial charge in [-0.05, 0) is 43.0 Å². The predicted octanol–water partition coefficient (Wildman–Crippen LogP) is 3.22. The lowest BCUT2D eigenvalue weighted by Crippen LogP contribution is -2.12. The van der Waals surface area contributed by atoms with Crippen LogP contribution in [-0.4, -0.2) is 11.1 Å². The van der Waals surface area contributed by atoms with E-state index in [0.29, 0.717) is 11.4 Å². The molecule has 0 fully saturated rings. The van der Waals surface area contributed by atoms with Crippen LogP contribution in [0.15, 0.2) is 12.1 Å². The highest BCUT2D eigenvalue weighted by molar-refractivity contribution is 6.31. The van der Waals surface area contributed by atoms with Gasteiger partial charge in [0.1, 0.15) is 0 Å². The molecule has 2 nitrogen and oxygen atoms in total. The smallest absolute Gasteiger partial charge is 0.306 e. The largest absolute Gasteiger partial charge is 0.481 e. The number of hydrogen-bond acceptors (Lipinski definition) is 1. The van der Waals surface area contributed by atoms with Gasteiger partial charge < -0.3 is 5.11 Å². The van der Waals surface area contributed by atoms with E-state index >= 15 is 0 Å². The molecular formula is C12H15ClO2. The minimum atomic E-state index is -0.774. The molecule has 0 spiro atoms. The monoisotopic (exact) mass is 226 g/mol. The van der Waals surface area contributed by atoms with Gasteiger partial charge in [0.15, 0.2) is 0 Å². The summed E-state index contributed by atoms with van der Waals surface area (Å²) in [6, 6.07) is 3.85. The van der Waals surface area contributed by atoms with Crippen LogP contribution in [0.5, 0.6) is 0 Å². The van der Waals surface area contributed by atoms with E-state index in [2.05, 4.69) is 0 Å². The SMILES string of the molecule is Cc1cc(CC(C)C(=O)O)cc(Cl)c1C. The maximum atomic E-state index is 10.7. The third-order valence-electron chi connectivity index (χ3n) is 2.63. The summed E-state index contributed by atoms with van der Waals surface area (Å²) >= 11 is 6.03. The molecule has 0 aliphatic heterocycles. The summed E-state index contributed by atoms with van der Waals surface area (Å²) in [7, 11) is 0. The first-order valence-corrected chi connectivity index (χ1v) is 5.28. The summed E-state index contributed by atoms with van der Waals surface area (Å²) in [5.41, 5.74) is 3.15. The number of aryl methyl sites for hydroxylation is 1. The maximum absolute atomic E-state index is 10.7. The van der Waals surface area contributed by atoms with Crippen LogP contribution in [0.2, 0.25) is 5.02 Å². The van der Waals surface area contributed by atoms with Crippen molar-refractivity contribution in [1.82, 2.24) is 0 Å². The Morgan fingerprint density at radius 3 is 2.53 bits per heavy atom. The molecule has 0 amide bonds. The van der Waals surface area contributed by atoms with Gasteiger partial charge in [0.05, 0.1) is 5.92 Å². The summed E-state index contributed by atoms with van der Waals surface area (Å²) < 4.78 is 0. The molecule has 0 aliphatic carbocycles. The molecule has 3 heteroatoms. The van der Waals surface area contributed by atoms with Crippen molar-refractivity contribution in [2.75, 3.05) is 0 Å². The molecule has 0 heterocycles. The fraction of sp³-hybridized carbons (Fsp3) is 0.417. The molecule has 0 bridgehead atoms. The van der Waals surface area contributed by atoms with E-state index in [1.54, 1.807) is 6.92 Å². The zero-order valence-electron chi connectivity index (χ0n) is 9.17. The van der Waals surface area contributed by atoms with Gasteiger partial charge >= 0.3 is 5.97 Å². The first-order chi connectivity index (χ1) is 6.91. The highest BCUT2D eigenvalue weighted by Gasteiger charge is 2.12. The molecule has 1 aromatic carbocycles. The zero-order valence-corrected chi connectivity index (χ0v) is 9.93. The first kappa shape index (κ1) is 12.1. The molecule has 82 valence electrons. The molecule has 0 aromatic heterocycles. The number of carboxylic acids is 1. The van der Waals surface area contributed by atoms with Crippen molar-refractivity contribution >= 4 is 17.6 Å².